The van der Waals surface area contributed by atoms with Gasteiger partial charge in [0.1, 0.15) is 0 Å². The standard InChI is InChI=1S/C16H18O8/c1-7-9(3)15(21-11(5)17,23-13(7)19)16(22-12(6)18)10(4)8(2)14(20)24-16/h1-6H3/t15-,16+. The molecule has 0 amide bonds. The van der Waals surface area contributed by atoms with Crippen molar-refractivity contribution >= 4 is 23.9 Å². The molecule has 2 aliphatic heterocycles. The van der Waals surface area contributed by atoms with Gasteiger partial charge in [-0.15, -0.1) is 0 Å². The van der Waals surface area contributed by atoms with E-state index in [0.717, 1.165) is 13.8 Å². The van der Waals surface area contributed by atoms with Crippen LogP contribution in [0, 0.1) is 0 Å². The molecule has 2 aliphatic rings. The normalized spacial score (nSPS) is 29.6. The Hall–Kier alpha value is -2.64. The Bertz CT molecular complexity index is 666. The third-order valence-electron chi connectivity index (χ3n) is 4.21. The molecule has 24 heavy (non-hydrogen) atoms. The number of hydrogen-bond acceptors (Lipinski definition) is 8. The van der Waals surface area contributed by atoms with Gasteiger partial charge in [-0.3, -0.25) is 9.59 Å². The van der Waals surface area contributed by atoms with E-state index in [-0.39, 0.29) is 22.3 Å². The highest BCUT2D eigenvalue weighted by atomic mass is 16.8. The SMILES string of the molecule is CC(=O)O[C@]1([C@]2(OC(C)=O)OC(=O)C(C)=C2C)OC(=O)C(C)=C1C. The molecule has 0 aromatic carbocycles. The van der Waals surface area contributed by atoms with Gasteiger partial charge < -0.3 is 18.9 Å². The van der Waals surface area contributed by atoms with Gasteiger partial charge in [0.2, 0.25) is 0 Å². The van der Waals surface area contributed by atoms with Crippen LogP contribution in [0.15, 0.2) is 22.3 Å². The lowest BCUT2D eigenvalue weighted by molar-refractivity contribution is -0.323. The summed E-state index contributed by atoms with van der Waals surface area (Å²) in [7, 11) is 0. The van der Waals surface area contributed by atoms with Crippen LogP contribution in [0.3, 0.4) is 0 Å². The Labute approximate surface area is 138 Å². The van der Waals surface area contributed by atoms with Crippen LogP contribution in [0.25, 0.3) is 0 Å². The highest BCUT2D eigenvalue weighted by Crippen LogP contribution is 2.51. The molecule has 0 unspecified atom stereocenters. The smallest absolute Gasteiger partial charge is 0.363 e. The molecule has 130 valence electrons. The van der Waals surface area contributed by atoms with Gasteiger partial charge >= 0.3 is 35.5 Å². The zero-order valence-electron chi connectivity index (χ0n) is 14.3. The summed E-state index contributed by atoms with van der Waals surface area (Å²) in [5.74, 6) is -7.57. The van der Waals surface area contributed by atoms with E-state index < -0.39 is 35.5 Å². The van der Waals surface area contributed by atoms with Crippen LogP contribution < -0.4 is 0 Å². The number of ether oxygens (including phenoxy) is 4. The summed E-state index contributed by atoms with van der Waals surface area (Å²) < 4.78 is 21.1. The minimum atomic E-state index is -2.21. The average molecular weight is 338 g/mol. The minimum Gasteiger partial charge on any atom is -0.411 e. The molecule has 0 aromatic heterocycles. The molecule has 8 heteroatoms. The first-order valence-electron chi connectivity index (χ1n) is 7.20. The second-order valence-electron chi connectivity index (χ2n) is 5.70. The molecule has 0 aliphatic carbocycles. The number of rotatable bonds is 3. The van der Waals surface area contributed by atoms with E-state index in [0.29, 0.717) is 0 Å². The van der Waals surface area contributed by atoms with Gasteiger partial charge in [0, 0.05) is 36.1 Å². The quantitative estimate of drug-likeness (QED) is 0.709. The summed E-state index contributed by atoms with van der Waals surface area (Å²) in [6, 6.07) is 0. The number of carbonyl (C=O) groups excluding carboxylic acids is 4. The molecule has 0 aromatic rings. The second-order valence-corrected chi connectivity index (χ2v) is 5.70. The fourth-order valence-electron chi connectivity index (χ4n) is 2.73. The van der Waals surface area contributed by atoms with Crippen molar-refractivity contribution < 1.29 is 38.1 Å². The third-order valence-corrected chi connectivity index (χ3v) is 4.21. The maximum Gasteiger partial charge on any atom is 0.363 e. The lowest BCUT2D eigenvalue weighted by Crippen LogP contribution is -2.61. The molecule has 0 radical (unpaired) electrons. The summed E-state index contributed by atoms with van der Waals surface area (Å²) in [5.41, 5.74) is 0.670. The van der Waals surface area contributed by atoms with Crippen molar-refractivity contribution in [3.05, 3.63) is 22.3 Å². The van der Waals surface area contributed by atoms with Gasteiger partial charge in [0.15, 0.2) is 0 Å². The molecular formula is C16H18O8. The fourth-order valence-corrected chi connectivity index (χ4v) is 2.73. The number of hydrogen-bond donors (Lipinski definition) is 0. The molecule has 0 N–H and O–H groups in total. The third kappa shape index (κ3) is 2.21. The van der Waals surface area contributed by atoms with Gasteiger partial charge in [0.05, 0.1) is 0 Å². The number of carbonyl (C=O) groups is 4. The molecule has 8 nitrogen and oxygen atoms in total. The highest BCUT2D eigenvalue weighted by molar-refractivity contribution is 5.95. The van der Waals surface area contributed by atoms with E-state index in [1.165, 1.54) is 27.7 Å². The molecule has 0 spiro atoms. The summed E-state index contributed by atoms with van der Waals surface area (Å²) in [6.45, 7) is 8.08. The first-order valence-corrected chi connectivity index (χ1v) is 7.20. The van der Waals surface area contributed by atoms with Crippen molar-refractivity contribution in [3.63, 3.8) is 0 Å². The molecule has 0 saturated carbocycles. The molecule has 2 rings (SSSR count). The Morgan fingerprint density at radius 3 is 1.21 bits per heavy atom. The molecule has 2 heterocycles. The van der Waals surface area contributed by atoms with Crippen molar-refractivity contribution in [3.8, 4) is 0 Å². The topological polar surface area (TPSA) is 105 Å². The molecule has 0 saturated heterocycles. The van der Waals surface area contributed by atoms with Gasteiger partial charge in [0.25, 0.3) is 0 Å². The number of esters is 4. The Morgan fingerprint density at radius 2 is 1.04 bits per heavy atom. The monoisotopic (exact) mass is 338 g/mol. The largest absolute Gasteiger partial charge is 0.411 e. The second kappa shape index (κ2) is 5.47. The Morgan fingerprint density at radius 1 is 0.750 bits per heavy atom. The van der Waals surface area contributed by atoms with Crippen molar-refractivity contribution in [2.45, 2.75) is 53.1 Å². The van der Waals surface area contributed by atoms with Crippen LogP contribution in [0.4, 0.5) is 0 Å². The summed E-state index contributed by atoms with van der Waals surface area (Å²) in [5, 5.41) is 0. The zero-order chi connectivity index (χ0) is 18.4. The van der Waals surface area contributed by atoms with Gasteiger partial charge in [-0.25, -0.2) is 9.59 Å². The van der Waals surface area contributed by atoms with Crippen molar-refractivity contribution in [2.75, 3.05) is 0 Å². The van der Waals surface area contributed by atoms with Crippen molar-refractivity contribution in [1.29, 1.82) is 0 Å². The van der Waals surface area contributed by atoms with Crippen LogP contribution >= 0.6 is 0 Å². The highest BCUT2D eigenvalue weighted by Gasteiger charge is 2.72. The Balaban J connectivity index is 2.79. The van der Waals surface area contributed by atoms with Crippen LogP contribution in [0.5, 0.6) is 0 Å². The van der Waals surface area contributed by atoms with Gasteiger partial charge in [-0.1, -0.05) is 0 Å². The minimum absolute atomic E-state index is 0.163. The average Bonchev–Trinajstić information content (AvgIpc) is 2.81. The molecule has 0 bridgehead atoms. The molecule has 2 atom stereocenters. The predicted octanol–water partition coefficient (Wildman–Crippen LogP) is 1.29. The first kappa shape index (κ1) is 17.7. The fraction of sp³-hybridized carbons (Fsp3) is 0.500. The van der Waals surface area contributed by atoms with E-state index in [2.05, 4.69) is 0 Å². The summed E-state index contributed by atoms with van der Waals surface area (Å²) in [6.07, 6.45) is 0. The number of cyclic esters (lactones) is 2. The van der Waals surface area contributed by atoms with E-state index in [1.807, 2.05) is 0 Å². The van der Waals surface area contributed by atoms with Crippen LogP contribution in [0.2, 0.25) is 0 Å². The van der Waals surface area contributed by atoms with Gasteiger partial charge in [-0.2, -0.15) is 0 Å². The summed E-state index contributed by atoms with van der Waals surface area (Å²) in [4.78, 5) is 47.5. The molecular weight excluding hydrogens is 320 g/mol. The van der Waals surface area contributed by atoms with Crippen molar-refractivity contribution in [2.24, 2.45) is 0 Å². The Kier molecular flexibility index (Phi) is 4.03. The van der Waals surface area contributed by atoms with Crippen LogP contribution in [-0.4, -0.2) is 35.5 Å². The maximum atomic E-state index is 12.1. The first-order chi connectivity index (χ1) is 11.0. The van der Waals surface area contributed by atoms with E-state index in [9.17, 15) is 19.2 Å². The lowest BCUT2D eigenvalue weighted by atomic mass is 9.90. The lowest BCUT2D eigenvalue weighted by Gasteiger charge is -2.41. The van der Waals surface area contributed by atoms with Crippen LogP contribution in [-0.2, 0) is 38.1 Å². The van der Waals surface area contributed by atoms with E-state index in [4.69, 9.17) is 18.9 Å². The van der Waals surface area contributed by atoms with E-state index >= 15 is 0 Å². The van der Waals surface area contributed by atoms with Crippen molar-refractivity contribution in [1.82, 2.24) is 0 Å². The van der Waals surface area contributed by atoms with Crippen LogP contribution in [0.1, 0.15) is 41.5 Å². The predicted molar refractivity (Wildman–Crippen MR) is 77.9 cm³/mol. The molecule has 0 fully saturated rings. The van der Waals surface area contributed by atoms with E-state index in [1.54, 1.807) is 0 Å². The zero-order valence-corrected chi connectivity index (χ0v) is 14.3. The summed E-state index contributed by atoms with van der Waals surface area (Å²) >= 11 is 0. The van der Waals surface area contributed by atoms with Gasteiger partial charge in [-0.05, 0) is 27.7 Å². The maximum absolute atomic E-state index is 12.1.